The Hall–Kier alpha value is -1.15. The summed E-state index contributed by atoms with van der Waals surface area (Å²) < 4.78 is 8.46. The summed E-state index contributed by atoms with van der Waals surface area (Å²) in [6.45, 7) is 9.20. The summed E-state index contributed by atoms with van der Waals surface area (Å²) in [6, 6.07) is 2.84. The maximum absolute atomic E-state index is 12.8. The number of thioether (sulfide) groups is 1. The van der Waals surface area contributed by atoms with Crippen molar-refractivity contribution in [3.63, 3.8) is 0 Å². The van der Waals surface area contributed by atoms with Crippen LogP contribution in [-0.4, -0.2) is 64.0 Å². The summed E-state index contributed by atoms with van der Waals surface area (Å²) in [5.74, 6) is 0.0458. The van der Waals surface area contributed by atoms with Gasteiger partial charge >= 0.3 is 0 Å². The van der Waals surface area contributed by atoms with Crippen molar-refractivity contribution in [1.29, 1.82) is 0 Å². The van der Waals surface area contributed by atoms with E-state index in [1.165, 1.54) is 36.0 Å². The highest BCUT2D eigenvalue weighted by Gasteiger charge is 2.33. The molecule has 2 aliphatic heterocycles. The maximum atomic E-state index is 12.8. The first-order valence-corrected chi connectivity index (χ1v) is 10.5. The molecule has 4 rings (SSSR count). The van der Waals surface area contributed by atoms with E-state index in [1.807, 2.05) is 6.08 Å². The van der Waals surface area contributed by atoms with Gasteiger partial charge in [0.2, 0.25) is 0 Å². The topological polar surface area (TPSA) is 37.7 Å². The number of aromatic nitrogens is 1. The second-order valence-corrected chi connectivity index (χ2v) is 8.89. The van der Waals surface area contributed by atoms with Crippen LogP contribution in [0.5, 0.6) is 0 Å². The van der Waals surface area contributed by atoms with Gasteiger partial charge in [0.25, 0.3) is 5.91 Å². The van der Waals surface area contributed by atoms with E-state index >= 15 is 0 Å². The molecular formula is C19H25N3O2S2. The van der Waals surface area contributed by atoms with Crippen LogP contribution in [0.1, 0.15) is 35.8 Å². The van der Waals surface area contributed by atoms with Gasteiger partial charge in [-0.25, -0.2) is 0 Å². The number of hydrogen-bond donors (Lipinski definition) is 0. The Morgan fingerprint density at radius 1 is 1.27 bits per heavy atom. The quantitative estimate of drug-likeness (QED) is 0.570. The fourth-order valence-electron chi connectivity index (χ4n) is 3.74. The summed E-state index contributed by atoms with van der Waals surface area (Å²) >= 11 is 6.90. The average Bonchev–Trinajstić information content (AvgIpc) is 3.36. The van der Waals surface area contributed by atoms with E-state index in [0.29, 0.717) is 16.9 Å². The van der Waals surface area contributed by atoms with Gasteiger partial charge in [-0.2, -0.15) is 0 Å². The first kappa shape index (κ1) is 18.2. The zero-order valence-electron chi connectivity index (χ0n) is 15.4. The number of carbonyl (C=O) groups excluding carboxylic acids is 1. The number of nitrogens with zero attached hydrogens (tertiary/aromatic N) is 3. The predicted octanol–water partition coefficient (Wildman–Crippen LogP) is 2.97. The summed E-state index contributed by atoms with van der Waals surface area (Å²) in [7, 11) is 0. The highest BCUT2D eigenvalue weighted by atomic mass is 32.2. The second kappa shape index (κ2) is 7.46. The van der Waals surface area contributed by atoms with Crippen molar-refractivity contribution in [2.45, 2.75) is 32.7 Å². The number of aryl methyl sites for hydroxylation is 1. The molecular weight excluding hydrogens is 366 g/mol. The van der Waals surface area contributed by atoms with Crippen molar-refractivity contribution in [3.8, 4) is 0 Å². The minimum absolute atomic E-state index is 0.0458. The van der Waals surface area contributed by atoms with Gasteiger partial charge in [0.1, 0.15) is 4.32 Å². The molecule has 1 aliphatic carbocycles. The summed E-state index contributed by atoms with van der Waals surface area (Å²) in [6.07, 6.45) is 4.55. The first-order valence-electron chi connectivity index (χ1n) is 9.28. The zero-order valence-corrected chi connectivity index (χ0v) is 17.0. The van der Waals surface area contributed by atoms with Crippen LogP contribution in [0, 0.1) is 13.8 Å². The molecule has 7 heteroatoms. The van der Waals surface area contributed by atoms with Gasteiger partial charge in [0.15, 0.2) is 0 Å². The molecule has 3 aliphatic rings. The van der Waals surface area contributed by atoms with Gasteiger partial charge in [0, 0.05) is 43.6 Å². The standard InChI is InChI=1S/C19H25N3O2S2/c1-13-11-15(14(2)22(13)16-3-4-16)12-17-18(23)21(19(25)26-17)6-5-20-7-9-24-10-8-20/h11-12,16H,3-10H2,1-2H3/b17-12-. The van der Waals surface area contributed by atoms with Gasteiger partial charge in [0.05, 0.1) is 18.1 Å². The monoisotopic (exact) mass is 391 g/mol. The number of ether oxygens (including phenoxy) is 1. The van der Waals surface area contributed by atoms with E-state index in [9.17, 15) is 4.79 Å². The zero-order chi connectivity index (χ0) is 18.3. The van der Waals surface area contributed by atoms with Crippen molar-refractivity contribution in [2.24, 2.45) is 0 Å². The van der Waals surface area contributed by atoms with Crippen molar-refractivity contribution >= 4 is 40.3 Å². The number of rotatable bonds is 5. The van der Waals surface area contributed by atoms with Gasteiger partial charge in [-0.15, -0.1) is 0 Å². The molecule has 0 spiro atoms. The largest absolute Gasteiger partial charge is 0.379 e. The molecule has 3 fully saturated rings. The van der Waals surface area contributed by atoms with Gasteiger partial charge in [-0.1, -0.05) is 24.0 Å². The van der Waals surface area contributed by atoms with E-state index in [-0.39, 0.29) is 5.91 Å². The number of hydrogen-bond acceptors (Lipinski definition) is 5. The smallest absolute Gasteiger partial charge is 0.266 e. The summed E-state index contributed by atoms with van der Waals surface area (Å²) in [5, 5.41) is 0. The molecule has 0 atom stereocenters. The number of morpholine rings is 1. The fraction of sp³-hybridized carbons (Fsp3) is 0.579. The molecule has 1 aromatic rings. The van der Waals surface area contributed by atoms with Crippen LogP contribution >= 0.6 is 24.0 Å². The summed E-state index contributed by atoms with van der Waals surface area (Å²) in [4.78, 5) is 17.7. The molecule has 0 radical (unpaired) electrons. The lowest BCUT2D eigenvalue weighted by molar-refractivity contribution is -0.122. The Bertz CT molecular complexity index is 761. The Morgan fingerprint density at radius 2 is 2.00 bits per heavy atom. The van der Waals surface area contributed by atoms with Crippen LogP contribution in [0.3, 0.4) is 0 Å². The van der Waals surface area contributed by atoms with E-state index in [4.69, 9.17) is 17.0 Å². The molecule has 1 aromatic heterocycles. The van der Waals surface area contributed by atoms with Crippen LogP contribution in [0.4, 0.5) is 0 Å². The molecule has 1 saturated carbocycles. The van der Waals surface area contributed by atoms with Crippen molar-refractivity contribution < 1.29 is 9.53 Å². The maximum Gasteiger partial charge on any atom is 0.266 e. The van der Waals surface area contributed by atoms with Crippen LogP contribution in [0.15, 0.2) is 11.0 Å². The average molecular weight is 392 g/mol. The Labute approximate surface area is 164 Å². The van der Waals surface area contributed by atoms with Crippen LogP contribution in [-0.2, 0) is 9.53 Å². The SMILES string of the molecule is Cc1cc(/C=C2\SC(=S)N(CCN3CCOCC3)C2=O)c(C)n1C1CC1. The van der Waals surface area contributed by atoms with Crippen LogP contribution in [0.2, 0.25) is 0 Å². The van der Waals surface area contributed by atoms with E-state index in [2.05, 4.69) is 29.4 Å². The van der Waals surface area contributed by atoms with Crippen LogP contribution in [0.25, 0.3) is 6.08 Å². The van der Waals surface area contributed by atoms with Gasteiger partial charge in [-0.05, 0) is 44.4 Å². The number of thiocarbonyl (C=S) groups is 1. The highest BCUT2D eigenvalue weighted by Crippen LogP contribution is 2.39. The lowest BCUT2D eigenvalue weighted by Crippen LogP contribution is -2.42. The van der Waals surface area contributed by atoms with E-state index in [0.717, 1.165) is 43.3 Å². The molecule has 3 heterocycles. The Kier molecular flexibility index (Phi) is 5.23. The molecule has 26 heavy (non-hydrogen) atoms. The van der Waals surface area contributed by atoms with Crippen LogP contribution < -0.4 is 0 Å². The van der Waals surface area contributed by atoms with E-state index in [1.54, 1.807) is 4.90 Å². The molecule has 140 valence electrons. The molecule has 0 unspecified atom stereocenters. The normalized spacial score (nSPS) is 23.5. The third kappa shape index (κ3) is 3.63. The third-order valence-corrected chi connectivity index (χ3v) is 6.72. The van der Waals surface area contributed by atoms with Gasteiger partial charge in [-0.3, -0.25) is 14.6 Å². The molecule has 0 N–H and O–H groups in total. The summed E-state index contributed by atoms with van der Waals surface area (Å²) in [5.41, 5.74) is 3.67. The first-order chi connectivity index (χ1) is 12.5. The van der Waals surface area contributed by atoms with Crippen molar-refractivity contribution in [3.05, 3.63) is 27.9 Å². The lowest BCUT2D eigenvalue weighted by Gasteiger charge is -2.28. The number of carbonyl (C=O) groups is 1. The van der Waals surface area contributed by atoms with Crippen molar-refractivity contribution in [2.75, 3.05) is 39.4 Å². The van der Waals surface area contributed by atoms with E-state index < -0.39 is 0 Å². The fourth-order valence-corrected chi connectivity index (χ4v) is 5.04. The Morgan fingerprint density at radius 3 is 2.69 bits per heavy atom. The third-order valence-electron chi connectivity index (χ3n) is 5.34. The predicted molar refractivity (Wildman–Crippen MR) is 109 cm³/mol. The highest BCUT2D eigenvalue weighted by molar-refractivity contribution is 8.26. The molecule has 1 amide bonds. The number of amides is 1. The lowest BCUT2D eigenvalue weighted by atomic mass is 10.2. The minimum Gasteiger partial charge on any atom is -0.379 e. The van der Waals surface area contributed by atoms with Crippen molar-refractivity contribution in [1.82, 2.24) is 14.4 Å². The van der Waals surface area contributed by atoms with Gasteiger partial charge < -0.3 is 9.30 Å². The molecule has 0 bridgehead atoms. The molecule has 2 saturated heterocycles. The molecule has 5 nitrogen and oxygen atoms in total. The minimum atomic E-state index is 0.0458. The Balaban J connectivity index is 1.46. The molecule has 0 aromatic carbocycles. The second-order valence-electron chi connectivity index (χ2n) is 7.22.